The summed E-state index contributed by atoms with van der Waals surface area (Å²) < 4.78 is 11.5. The summed E-state index contributed by atoms with van der Waals surface area (Å²) in [5, 5.41) is 8.86. The summed E-state index contributed by atoms with van der Waals surface area (Å²) in [6.07, 6.45) is 9.03. The number of carbonyl (C=O) groups excluding carboxylic acids is 1. The maximum Gasteiger partial charge on any atom is 0.320 e. The first-order valence-electron chi connectivity index (χ1n) is 11.1. The molecule has 1 rings (SSSR count). The van der Waals surface area contributed by atoms with Crippen molar-refractivity contribution in [1.82, 2.24) is 0 Å². The minimum Gasteiger partial charge on any atom is -0.494 e. The molecule has 2 atom stereocenters. The minimum atomic E-state index is -1.11. The third-order valence-electron chi connectivity index (χ3n) is 5.06. The van der Waals surface area contributed by atoms with Crippen molar-refractivity contribution in [2.45, 2.75) is 77.2 Å². The Labute approximate surface area is 180 Å². The number of ether oxygens (including phenoxy) is 2. The summed E-state index contributed by atoms with van der Waals surface area (Å²) in [5.41, 5.74) is 10.9. The van der Waals surface area contributed by atoms with E-state index in [-0.39, 0.29) is 6.42 Å². The number of unbranched alkanes of at least 4 members (excludes halogenated alkanes) is 6. The van der Waals surface area contributed by atoms with Gasteiger partial charge in [0.05, 0.1) is 13.2 Å². The highest BCUT2D eigenvalue weighted by molar-refractivity contribution is 5.79. The molecule has 30 heavy (non-hydrogen) atoms. The fourth-order valence-corrected chi connectivity index (χ4v) is 3.17. The highest BCUT2D eigenvalue weighted by Gasteiger charge is 2.22. The van der Waals surface area contributed by atoms with Gasteiger partial charge in [0, 0.05) is 5.92 Å². The second kappa shape index (κ2) is 15.5. The van der Waals surface area contributed by atoms with Gasteiger partial charge in [-0.05, 0) is 49.9 Å². The fraction of sp³-hybridized carbons (Fsp3) is 0.652. The average Bonchev–Trinajstić information content (AvgIpc) is 2.72. The molecule has 0 aliphatic carbocycles. The molecule has 1 unspecified atom stereocenters. The number of hydrogen-bond acceptors (Lipinski definition) is 5. The van der Waals surface area contributed by atoms with Gasteiger partial charge in [-0.2, -0.15) is 0 Å². The van der Waals surface area contributed by atoms with Crippen molar-refractivity contribution in [3.8, 4) is 11.5 Å². The molecular formula is C23H38N2O5. The SMILES string of the molecule is CCCCCCOc1ccc(OCCCCCCC(C[C@H](N)C(=O)O)C(N)=O)cc1. The zero-order valence-electron chi connectivity index (χ0n) is 18.2. The van der Waals surface area contributed by atoms with Gasteiger partial charge in [-0.15, -0.1) is 0 Å². The Morgan fingerprint density at radius 2 is 1.40 bits per heavy atom. The summed E-state index contributed by atoms with van der Waals surface area (Å²) in [6, 6.07) is 6.66. The monoisotopic (exact) mass is 422 g/mol. The topological polar surface area (TPSA) is 125 Å². The summed E-state index contributed by atoms with van der Waals surface area (Å²) >= 11 is 0. The van der Waals surface area contributed by atoms with Crippen molar-refractivity contribution >= 4 is 11.9 Å². The van der Waals surface area contributed by atoms with Crippen LogP contribution in [0.1, 0.15) is 71.1 Å². The van der Waals surface area contributed by atoms with Crippen LogP contribution in [0.15, 0.2) is 24.3 Å². The number of rotatable bonds is 18. The molecule has 0 fully saturated rings. The van der Waals surface area contributed by atoms with Gasteiger partial charge < -0.3 is 26.0 Å². The van der Waals surface area contributed by atoms with Crippen LogP contribution in [-0.2, 0) is 9.59 Å². The van der Waals surface area contributed by atoms with Crippen LogP contribution in [0.5, 0.6) is 11.5 Å². The molecule has 0 aromatic heterocycles. The normalized spacial score (nSPS) is 12.9. The van der Waals surface area contributed by atoms with E-state index in [1.54, 1.807) is 0 Å². The zero-order chi connectivity index (χ0) is 22.2. The standard InChI is InChI=1S/C23H38N2O5/c1-2-3-4-8-15-29-19-11-13-20(14-12-19)30-16-9-6-5-7-10-18(22(25)26)17-21(24)23(27)28/h11-14,18,21H,2-10,15-17,24H2,1H3,(H2,25,26)(H,27,28)/t18?,21-/m0/s1. The predicted molar refractivity (Wildman–Crippen MR) is 118 cm³/mol. The van der Waals surface area contributed by atoms with Crippen LogP contribution in [0.2, 0.25) is 0 Å². The molecule has 0 aliphatic heterocycles. The molecule has 7 nitrogen and oxygen atoms in total. The van der Waals surface area contributed by atoms with Crippen LogP contribution in [-0.4, -0.2) is 36.2 Å². The fourth-order valence-electron chi connectivity index (χ4n) is 3.17. The van der Waals surface area contributed by atoms with E-state index < -0.39 is 23.8 Å². The highest BCUT2D eigenvalue weighted by atomic mass is 16.5. The minimum absolute atomic E-state index is 0.0895. The van der Waals surface area contributed by atoms with Gasteiger partial charge >= 0.3 is 5.97 Å². The van der Waals surface area contributed by atoms with Crippen molar-refractivity contribution in [3.05, 3.63) is 24.3 Å². The molecule has 170 valence electrons. The molecule has 7 heteroatoms. The van der Waals surface area contributed by atoms with E-state index in [4.69, 9.17) is 26.0 Å². The molecule has 1 aromatic carbocycles. The number of carboxylic acid groups (broad SMARTS) is 1. The predicted octanol–water partition coefficient (Wildman–Crippen LogP) is 3.88. The van der Waals surface area contributed by atoms with E-state index in [1.165, 1.54) is 19.3 Å². The van der Waals surface area contributed by atoms with E-state index in [2.05, 4.69) is 6.92 Å². The molecular weight excluding hydrogens is 384 g/mol. The molecule has 1 amide bonds. The molecule has 5 N–H and O–H groups in total. The number of primary amides is 1. The van der Waals surface area contributed by atoms with Crippen molar-refractivity contribution < 1.29 is 24.2 Å². The largest absolute Gasteiger partial charge is 0.494 e. The smallest absolute Gasteiger partial charge is 0.320 e. The lowest BCUT2D eigenvalue weighted by molar-refractivity contribution is -0.139. The Balaban J connectivity index is 2.13. The first-order valence-corrected chi connectivity index (χ1v) is 11.1. The maximum absolute atomic E-state index is 11.4. The molecule has 0 spiro atoms. The quantitative estimate of drug-likeness (QED) is 0.308. The van der Waals surface area contributed by atoms with Crippen LogP contribution >= 0.6 is 0 Å². The van der Waals surface area contributed by atoms with Gasteiger partial charge in [0.25, 0.3) is 0 Å². The van der Waals surface area contributed by atoms with Crippen LogP contribution in [0.25, 0.3) is 0 Å². The number of carbonyl (C=O) groups is 2. The highest BCUT2D eigenvalue weighted by Crippen LogP contribution is 2.19. The summed E-state index contributed by atoms with van der Waals surface area (Å²) in [7, 11) is 0. The molecule has 0 heterocycles. The lowest BCUT2D eigenvalue weighted by Crippen LogP contribution is -2.36. The third-order valence-corrected chi connectivity index (χ3v) is 5.06. The molecule has 0 bridgehead atoms. The second-order valence-corrected chi connectivity index (χ2v) is 7.71. The van der Waals surface area contributed by atoms with Crippen LogP contribution < -0.4 is 20.9 Å². The Hall–Kier alpha value is -2.28. The van der Waals surface area contributed by atoms with E-state index in [9.17, 15) is 9.59 Å². The molecule has 0 saturated heterocycles. The Morgan fingerprint density at radius 1 is 0.900 bits per heavy atom. The van der Waals surface area contributed by atoms with E-state index in [1.807, 2.05) is 24.3 Å². The summed E-state index contributed by atoms with van der Waals surface area (Å²) in [6.45, 7) is 3.57. The van der Waals surface area contributed by atoms with Crippen LogP contribution in [0, 0.1) is 5.92 Å². The van der Waals surface area contributed by atoms with Crippen LogP contribution in [0.3, 0.4) is 0 Å². The number of benzene rings is 1. The molecule has 1 aromatic rings. The lowest BCUT2D eigenvalue weighted by atomic mass is 9.93. The van der Waals surface area contributed by atoms with E-state index >= 15 is 0 Å². The van der Waals surface area contributed by atoms with Crippen molar-refractivity contribution in [1.29, 1.82) is 0 Å². The van der Waals surface area contributed by atoms with Crippen molar-refractivity contribution in [3.63, 3.8) is 0 Å². The summed E-state index contributed by atoms with van der Waals surface area (Å²) in [5.74, 6) is -0.386. The number of nitrogens with two attached hydrogens (primary N) is 2. The zero-order valence-corrected chi connectivity index (χ0v) is 18.2. The van der Waals surface area contributed by atoms with E-state index in [0.29, 0.717) is 13.0 Å². The number of carboxylic acids is 1. The average molecular weight is 423 g/mol. The molecule has 0 aliphatic rings. The van der Waals surface area contributed by atoms with Gasteiger partial charge in [0.1, 0.15) is 17.5 Å². The summed E-state index contributed by atoms with van der Waals surface area (Å²) in [4.78, 5) is 22.3. The number of amides is 1. The number of aliphatic carboxylic acids is 1. The van der Waals surface area contributed by atoms with Crippen molar-refractivity contribution in [2.75, 3.05) is 13.2 Å². The van der Waals surface area contributed by atoms with Crippen LogP contribution in [0.4, 0.5) is 0 Å². The Kier molecular flexibility index (Phi) is 13.3. The molecule has 0 saturated carbocycles. The van der Waals surface area contributed by atoms with E-state index in [0.717, 1.165) is 50.2 Å². The maximum atomic E-state index is 11.4. The molecule has 0 radical (unpaired) electrons. The van der Waals surface area contributed by atoms with Gasteiger partial charge in [-0.3, -0.25) is 9.59 Å². The lowest BCUT2D eigenvalue weighted by Gasteiger charge is -2.15. The first-order chi connectivity index (χ1) is 14.4. The Bertz CT molecular complexity index is 606. The number of hydrogen-bond donors (Lipinski definition) is 3. The third kappa shape index (κ3) is 11.7. The Morgan fingerprint density at radius 3 is 1.87 bits per heavy atom. The van der Waals surface area contributed by atoms with Gasteiger partial charge in [-0.25, -0.2) is 0 Å². The van der Waals surface area contributed by atoms with Crippen molar-refractivity contribution in [2.24, 2.45) is 17.4 Å². The van der Waals surface area contributed by atoms with Gasteiger partial charge in [0.2, 0.25) is 5.91 Å². The second-order valence-electron chi connectivity index (χ2n) is 7.71. The van der Waals surface area contributed by atoms with Gasteiger partial charge in [-0.1, -0.05) is 45.4 Å². The van der Waals surface area contributed by atoms with Gasteiger partial charge in [0.15, 0.2) is 0 Å². The first kappa shape index (κ1) is 25.8.